The first kappa shape index (κ1) is 13.7. The number of aryl methyl sites for hydroxylation is 1. The van der Waals surface area contributed by atoms with Gasteiger partial charge in [0.2, 0.25) is 0 Å². The van der Waals surface area contributed by atoms with E-state index in [-0.39, 0.29) is 0 Å². The fourth-order valence-electron chi connectivity index (χ4n) is 1.72. The fourth-order valence-corrected chi connectivity index (χ4v) is 2.31. The molecule has 0 spiro atoms. The number of nitrogens with zero attached hydrogens (tertiary/aromatic N) is 1. The second-order valence-electron chi connectivity index (χ2n) is 4.11. The van der Waals surface area contributed by atoms with Crippen LogP contribution in [0.15, 0.2) is 34.8 Å². The number of benzene rings is 1. The molecule has 2 aromatic rings. The Hall–Kier alpha value is -1.70. The largest absolute Gasteiger partial charge is 0.349 e. The summed E-state index contributed by atoms with van der Waals surface area (Å²) in [6.45, 7) is 1.92. The molecule has 0 saturated carbocycles. The van der Waals surface area contributed by atoms with Crippen LogP contribution >= 0.6 is 28.1 Å². The predicted molar refractivity (Wildman–Crippen MR) is 84.1 cm³/mol. The molecular weight excluding hydrogens is 320 g/mol. The van der Waals surface area contributed by atoms with E-state index < -0.39 is 0 Å². The maximum atomic E-state index is 9.15. The predicted octanol–water partition coefficient (Wildman–Crippen LogP) is 4.86. The molecule has 4 heteroatoms. The summed E-state index contributed by atoms with van der Waals surface area (Å²) in [5, 5.41) is 9.15. The zero-order valence-electron chi connectivity index (χ0n) is 10.3. The summed E-state index contributed by atoms with van der Waals surface area (Å²) < 4.78 is 1.53. The highest BCUT2D eigenvalue weighted by Crippen LogP contribution is 2.16. The lowest BCUT2D eigenvalue weighted by Crippen LogP contribution is -1.90. The van der Waals surface area contributed by atoms with Gasteiger partial charge in [0.05, 0.1) is 5.56 Å². The Labute approximate surface area is 125 Å². The fraction of sp³-hybridized carbons (Fsp3) is 0.0667. The van der Waals surface area contributed by atoms with Gasteiger partial charge in [0.25, 0.3) is 0 Å². The van der Waals surface area contributed by atoms with Gasteiger partial charge in [0.1, 0.15) is 10.7 Å². The zero-order chi connectivity index (χ0) is 13.8. The minimum Gasteiger partial charge on any atom is -0.349 e. The first-order chi connectivity index (χ1) is 9.10. The van der Waals surface area contributed by atoms with Crippen LogP contribution in [-0.4, -0.2) is 4.98 Å². The lowest BCUT2D eigenvalue weighted by molar-refractivity contribution is 1.16. The molecular formula is C15H11BrN2S. The van der Waals surface area contributed by atoms with Gasteiger partial charge >= 0.3 is 0 Å². The normalized spacial score (nSPS) is 10.6. The Kier molecular flexibility index (Phi) is 4.31. The average molecular weight is 331 g/mol. The van der Waals surface area contributed by atoms with Gasteiger partial charge in [-0.1, -0.05) is 52.4 Å². The van der Waals surface area contributed by atoms with Crippen LogP contribution in [0.25, 0.3) is 12.2 Å². The van der Waals surface area contributed by atoms with Crippen LogP contribution in [0.2, 0.25) is 0 Å². The van der Waals surface area contributed by atoms with Crippen molar-refractivity contribution in [1.82, 2.24) is 4.98 Å². The Bertz CT molecular complexity index is 721. The zero-order valence-corrected chi connectivity index (χ0v) is 12.7. The molecule has 1 aromatic heterocycles. The minimum atomic E-state index is 0.484. The van der Waals surface area contributed by atoms with Gasteiger partial charge in [-0.25, -0.2) is 0 Å². The number of nitrogens with one attached hydrogen (secondary N) is 1. The topological polar surface area (TPSA) is 39.6 Å². The van der Waals surface area contributed by atoms with E-state index in [1.807, 2.05) is 49.4 Å². The minimum absolute atomic E-state index is 0.484. The molecule has 1 aromatic carbocycles. The average Bonchev–Trinajstić information content (AvgIpc) is 2.37. The van der Waals surface area contributed by atoms with Gasteiger partial charge in [-0.05, 0) is 36.2 Å². The lowest BCUT2D eigenvalue weighted by atomic mass is 10.1. The SMILES string of the molecule is Cc1cc(/C=C/c2ccc(Br)cc2)c(C#N)c(=S)[nH]1. The molecule has 0 saturated heterocycles. The summed E-state index contributed by atoms with van der Waals surface area (Å²) in [5.41, 5.74) is 3.36. The van der Waals surface area contributed by atoms with Crippen LogP contribution in [0.4, 0.5) is 0 Å². The van der Waals surface area contributed by atoms with Crippen molar-refractivity contribution < 1.29 is 0 Å². The summed E-state index contributed by atoms with van der Waals surface area (Å²) in [4.78, 5) is 2.99. The first-order valence-corrected chi connectivity index (χ1v) is 6.88. The molecule has 94 valence electrons. The van der Waals surface area contributed by atoms with Gasteiger partial charge in [-0.2, -0.15) is 5.26 Å². The van der Waals surface area contributed by atoms with Gasteiger partial charge in [-0.3, -0.25) is 0 Å². The van der Waals surface area contributed by atoms with E-state index in [4.69, 9.17) is 17.5 Å². The third kappa shape index (κ3) is 3.40. The highest BCUT2D eigenvalue weighted by Gasteiger charge is 2.02. The van der Waals surface area contributed by atoms with Crippen molar-refractivity contribution in [3.63, 3.8) is 0 Å². The van der Waals surface area contributed by atoms with E-state index in [0.29, 0.717) is 10.2 Å². The van der Waals surface area contributed by atoms with E-state index >= 15 is 0 Å². The molecule has 0 radical (unpaired) electrons. The van der Waals surface area contributed by atoms with E-state index in [9.17, 15) is 0 Å². The molecule has 0 unspecified atom stereocenters. The van der Waals surface area contributed by atoms with Crippen molar-refractivity contribution in [1.29, 1.82) is 5.26 Å². The molecule has 2 nitrogen and oxygen atoms in total. The highest BCUT2D eigenvalue weighted by atomic mass is 79.9. The van der Waals surface area contributed by atoms with E-state index in [0.717, 1.165) is 21.3 Å². The van der Waals surface area contributed by atoms with Crippen molar-refractivity contribution in [3.8, 4) is 6.07 Å². The van der Waals surface area contributed by atoms with E-state index in [1.54, 1.807) is 0 Å². The Balaban J connectivity index is 2.41. The van der Waals surface area contributed by atoms with Gasteiger partial charge in [0, 0.05) is 10.2 Å². The van der Waals surface area contributed by atoms with E-state index in [2.05, 4.69) is 27.0 Å². The summed E-state index contributed by atoms with van der Waals surface area (Å²) in [5.74, 6) is 0. The van der Waals surface area contributed by atoms with Crippen LogP contribution < -0.4 is 0 Å². The molecule has 2 rings (SSSR count). The molecule has 1 N–H and O–H groups in total. The summed E-state index contributed by atoms with van der Waals surface area (Å²) >= 11 is 8.55. The Morgan fingerprint density at radius 1 is 1.26 bits per heavy atom. The first-order valence-electron chi connectivity index (χ1n) is 5.68. The third-order valence-electron chi connectivity index (χ3n) is 2.64. The van der Waals surface area contributed by atoms with Crippen molar-refractivity contribution in [2.24, 2.45) is 0 Å². The number of halogens is 1. The maximum Gasteiger partial charge on any atom is 0.122 e. The summed E-state index contributed by atoms with van der Waals surface area (Å²) in [6.07, 6.45) is 3.88. The van der Waals surface area contributed by atoms with Crippen molar-refractivity contribution in [3.05, 3.63) is 61.8 Å². The summed E-state index contributed by atoms with van der Waals surface area (Å²) in [6, 6.07) is 12.0. The molecule has 0 amide bonds. The Morgan fingerprint density at radius 2 is 1.95 bits per heavy atom. The van der Waals surface area contributed by atoms with Gasteiger partial charge in [-0.15, -0.1) is 0 Å². The lowest BCUT2D eigenvalue weighted by Gasteiger charge is -2.01. The molecule has 0 fully saturated rings. The standard InChI is InChI=1S/C15H11BrN2S/c1-10-8-12(14(9-17)15(19)18-10)5-2-11-3-6-13(16)7-4-11/h2-8H,1H3,(H,18,19)/b5-2+. The van der Waals surface area contributed by atoms with Crippen molar-refractivity contribution in [2.75, 3.05) is 0 Å². The van der Waals surface area contributed by atoms with Crippen LogP contribution in [0.1, 0.15) is 22.4 Å². The van der Waals surface area contributed by atoms with Gasteiger partial charge < -0.3 is 4.98 Å². The summed E-state index contributed by atoms with van der Waals surface area (Å²) in [7, 11) is 0. The second kappa shape index (κ2) is 5.96. The number of pyridine rings is 1. The molecule has 0 atom stereocenters. The number of aromatic amines is 1. The number of H-pyrrole nitrogens is 1. The number of rotatable bonds is 2. The van der Waals surface area contributed by atoms with Crippen LogP contribution in [0.3, 0.4) is 0 Å². The van der Waals surface area contributed by atoms with Crippen LogP contribution in [0.5, 0.6) is 0 Å². The quantitative estimate of drug-likeness (QED) is 0.799. The number of hydrogen-bond acceptors (Lipinski definition) is 2. The number of hydrogen-bond donors (Lipinski definition) is 1. The second-order valence-corrected chi connectivity index (χ2v) is 5.43. The third-order valence-corrected chi connectivity index (χ3v) is 3.47. The van der Waals surface area contributed by atoms with Crippen molar-refractivity contribution in [2.45, 2.75) is 6.92 Å². The van der Waals surface area contributed by atoms with Gasteiger partial charge in [0.15, 0.2) is 0 Å². The maximum absolute atomic E-state index is 9.15. The van der Waals surface area contributed by atoms with E-state index in [1.165, 1.54) is 0 Å². The molecule has 0 bridgehead atoms. The molecule has 19 heavy (non-hydrogen) atoms. The monoisotopic (exact) mass is 330 g/mol. The number of nitriles is 1. The highest BCUT2D eigenvalue weighted by molar-refractivity contribution is 9.10. The van der Waals surface area contributed by atoms with Crippen LogP contribution in [0, 0.1) is 22.9 Å². The Morgan fingerprint density at radius 3 is 2.58 bits per heavy atom. The number of aromatic nitrogens is 1. The van der Waals surface area contributed by atoms with Crippen molar-refractivity contribution >= 4 is 40.3 Å². The molecule has 0 aliphatic heterocycles. The molecule has 0 aliphatic rings. The molecule has 0 aliphatic carbocycles. The smallest absolute Gasteiger partial charge is 0.122 e. The molecule has 1 heterocycles. The van der Waals surface area contributed by atoms with Crippen LogP contribution in [-0.2, 0) is 0 Å².